The van der Waals surface area contributed by atoms with Crippen molar-refractivity contribution in [2.75, 3.05) is 0 Å². The minimum Gasteiger partial charge on any atom is -0.305 e. The molecule has 13 heavy (non-hydrogen) atoms. The average molecular weight is 214 g/mol. The molecule has 0 aliphatic carbocycles. The molecule has 0 aromatic carbocycles. The van der Waals surface area contributed by atoms with Crippen LogP contribution in [0.15, 0.2) is 6.33 Å². The molecule has 3 nitrogen and oxygen atoms in total. The van der Waals surface area contributed by atoms with Gasteiger partial charge in [0.1, 0.15) is 18.2 Å². The monoisotopic (exact) mass is 213 g/mol. The third kappa shape index (κ3) is 2.12. The van der Waals surface area contributed by atoms with E-state index in [0.717, 1.165) is 17.8 Å². The minimum absolute atomic E-state index is 0.0829. The van der Waals surface area contributed by atoms with Gasteiger partial charge in [-0.1, -0.05) is 0 Å². The maximum atomic E-state index is 12.2. The molecule has 0 amide bonds. The summed E-state index contributed by atoms with van der Waals surface area (Å²) >= 11 is 5.38. The number of hydrogen-bond acceptors (Lipinski definition) is 2. The van der Waals surface area contributed by atoms with Crippen LogP contribution < -0.4 is 0 Å². The Morgan fingerprint density at radius 3 is 2.69 bits per heavy atom. The highest BCUT2D eigenvalue weighted by Gasteiger charge is 2.38. The molecule has 0 radical (unpaired) electrons. The Balaban J connectivity index is 2.94. The van der Waals surface area contributed by atoms with Crippen molar-refractivity contribution in [3.63, 3.8) is 0 Å². The van der Waals surface area contributed by atoms with E-state index >= 15 is 0 Å². The summed E-state index contributed by atoms with van der Waals surface area (Å²) in [6.07, 6.45) is -3.28. The molecule has 0 saturated heterocycles. The molecule has 0 aliphatic rings. The van der Waals surface area contributed by atoms with Crippen molar-refractivity contribution >= 4 is 11.6 Å². The van der Waals surface area contributed by atoms with Crippen LogP contribution in [0.5, 0.6) is 0 Å². The quantitative estimate of drug-likeness (QED) is 0.705. The summed E-state index contributed by atoms with van der Waals surface area (Å²) in [5, 5.41) is 6.81. The Morgan fingerprint density at radius 1 is 1.62 bits per heavy atom. The predicted molar refractivity (Wildman–Crippen MR) is 40.3 cm³/mol. The lowest BCUT2D eigenvalue weighted by molar-refractivity contribution is -0.163. The Labute approximate surface area is 77.5 Å². The third-order valence-electron chi connectivity index (χ3n) is 1.66. The van der Waals surface area contributed by atoms with Crippen LogP contribution in [0.25, 0.3) is 0 Å². The molecule has 0 saturated carbocycles. The molecule has 1 aromatic heterocycles. The van der Waals surface area contributed by atoms with E-state index in [1.165, 1.54) is 0 Å². The Kier molecular flexibility index (Phi) is 2.80. The highest BCUT2D eigenvalue weighted by atomic mass is 35.5. The molecule has 7 heteroatoms. The molecule has 1 atom stereocenters. The second-order valence-electron chi connectivity index (χ2n) is 2.51. The van der Waals surface area contributed by atoms with Crippen molar-refractivity contribution in [1.29, 1.82) is 0 Å². The lowest BCUT2D eigenvalue weighted by Crippen LogP contribution is -2.24. The second kappa shape index (κ2) is 3.53. The number of nitrogens with zero attached hydrogens (tertiary/aromatic N) is 3. The summed E-state index contributed by atoms with van der Waals surface area (Å²) in [6.45, 7) is 1.03. The molecule has 0 fully saturated rings. The summed E-state index contributed by atoms with van der Waals surface area (Å²) in [5.74, 6) is 0.0342. The van der Waals surface area contributed by atoms with E-state index in [4.69, 9.17) is 11.6 Å². The average Bonchev–Trinajstić information content (AvgIpc) is 2.48. The van der Waals surface area contributed by atoms with Crippen molar-refractivity contribution in [3.05, 3.63) is 12.2 Å². The van der Waals surface area contributed by atoms with Crippen molar-refractivity contribution in [3.8, 4) is 0 Å². The maximum Gasteiger partial charge on any atom is 0.408 e. The third-order valence-corrected chi connectivity index (χ3v) is 1.90. The Bertz CT molecular complexity index is 283. The summed E-state index contributed by atoms with van der Waals surface area (Å²) in [6, 6.07) is -1.64. The molecule has 1 unspecified atom stereocenters. The second-order valence-corrected chi connectivity index (χ2v) is 2.77. The topological polar surface area (TPSA) is 30.7 Å². The Hall–Kier alpha value is -0.780. The van der Waals surface area contributed by atoms with Gasteiger partial charge in [0, 0.05) is 0 Å². The maximum absolute atomic E-state index is 12.2. The number of halogens is 4. The van der Waals surface area contributed by atoms with Gasteiger partial charge in [0.15, 0.2) is 0 Å². The van der Waals surface area contributed by atoms with Gasteiger partial charge in [-0.25, -0.2) is 0 Å². The van der Waals surface area contributed by atoms with Crippen molar-refractivity contribution in [1.82, 2.24) is 14.8 Å². The van der Waals surface area contributed by atoms with Crippen LogP contribution in [-0.4, -0.2) is 20.9 Å². The Morgan fingerprint density at radius 2 is 2.23 bits per heavy atom. The van der Waals surface area contributed by atoms with Gasteiger partial charge in [0.05, 0.1) is 5.88 Å². The first-order valence-electron chi connectivity index (χ1n) is 3.48. The van der Waals surface area contributed by atoms with Gasteiger partial charge in [0.25, 0.3) is 0 Å². The molecule has 1 aromatic rings. The fourth-order valence-corrected chi connectivity index (χ4v) is 1.03. The van der Waals surface area contributed by atoms with Crippen LogP contribution in [0.2, 0.25) is 0 Å². The molecule has 1 rings (SSSR count). The van der Waals surface area contributed by atoms with Gasteiger partial charge in [-0.05, 0) is 6.92 Å². The van der Waals surface area contributed by atoms with Crippen molar-refractivity contribution in [2.24, 2.45) is 0 Å². The zero-order valence-corrected chi connectivity index (χ0v) is 7.47. The zero-order chi connectivity index (χ0) is 10.1. The van der Waals surface area contributed by atoms with E-state index < -0.39 is 12.2 Å². The molecule has 0 N–H and O–H groups in total. The molecule has 0 spiro atoms. The van der Waals surface area contributed by atoms with Gasteiger partial charge in [-0.3, -0.25) is 0 Å². The summed E-state index contributed by atoms with van der Waals surface area (Å²) in [4.78, 5) is 0. The van der Waals surface area contributed by atoms with Gasteiger partial charge in [0.2, 0.25) is 0 Å². The minimum atomic E-state index is -4.30. The van der Waals surface area contributed by atoms with E-state index in [-0.39, 0.29) is 11.7 Å². The van der Waals surface area contributed by atoms with E-state index in [1.54, 1.807) is 0 Å². The van der Waals surface area contributed by atoms with E-state index in [1.807, 2.05) is 0 Å². The lowest BCUT2D eigenvalue weighted by Gasteiger charge is -2.17. The van der Waals surface area contributed by atoms with E-state index in [0.29, 0.717) is 0 Å². The number of aromatic nitrogens is 3. The predicted octanol–water partition coefficient (Wildman–Crippen LogP) is 2.14. The van der Waals surface area contributed by atoms with Crippen LogP contribution in [-0.2, 0) is 5.88 Å². The van der Waals surface area contributed by atoms with Crippen LogP contribution in [0.3, 0.4) is 0 Å². The molecular formula is C6H7ClF3N3. The molecule has 74 valence electrons. The normalized spacial score (nSPS) is 14.5. The number of alkyl halides is 4. The van der Waals surface area contributed by atoms with Gasteiger partial charge in [-0.15, -0.1) is 21.8 Å². The number of rotatable bonds is 2. The van der Waals surface area contributed by atoms with Gasteiger partial charge < -0.3 is 4.57 Å². The molecule has 1 heterocycles. The highest BCUT2D eigenvalue weighted by Crippen LogP contribution is 2.30. The van der Waals surface area contributed by atoms with Crippen LogP contribution in [0, 0.1) is 0 Å². The first kappa shape index (κ1) is 10.3. The van der Waals surface area contributed by atoms with Crippen molar-refractivity contribution < 1.29 is 13.2 Å². The molecule has 0 bridgehead atoms. The van der Waals surface area contributed by atoms with Gasteiger partial charge in [-0.2, -0.15) is 13.2 Å². The largest absolute Gasteiger partial charge is 0.408 e. The summed E-state index contributed by atoms with van der Waals surface area (Å²) in [7, 11) is 0. The fraction of sp³-hybridized carbons (Fsp3) is 0.667. The standard InChI is InChI=1S/C6H7ClF3N3/c1-4(6(8,9)10)13-3-11-12-5(13)2-7/h3-4H,2H2,1H3. The van der Waals surface area contributed by atoms with Crippen LogP contribution in [0.1, 0.15) is 18.8 Å². The van der Waals surface area contributed by atoms with Gasteiger partial charge >= 0.3 is 6.18 Å². The smallest absolute Gasteiger partial charge is 0.305 e. The lowest BCUT2D eigenvalue weighted by atomic mass is 10.3. The first-order valence-corrected chi connectivity index (χ1v) is 4.01. The number of hydrogen-bond donors (Lipinski definition) is 0. The fourth-order valence-electron chi connectivity index (χ4n) is 0.843. The SMILES string of the molecule is CC(n1cnnc1CCl)C(F)(F)F. The van der Waals surface area contributed by atoms with Crippen molar-refractivity contribution in [2.45, 2.75) is 25.0 Å². The van der Waals surface area contributed by atoms with E-state index in [9.17, 15) is 13.2 Å². The highest BCUT2D eigenvalue weighted by molar-refractivity contribution is 6.16. The van der Waals surface area contributed by atoms with Crippen LogP contribution >= 0.6 is 11.6 Å². The zero-order valence-electron chi connectivity index (χ0n) is 6.72. The van der Waals surface area contributed by atoms with Crippen LogP contribution in [0.4, 0.5) is 13.2 Å². The molecular weight excluding hydrogens is 207 g/mol. The first-order chi connectivity index (χ1) is 5.96. The van der Waals surface area contributed by atoms with E-state index in [2.05, 4.69) is 10.2 Å². The molecule has 0 aliphatic heterocycles. The summed E-state index contributed by atoms with van der Waals surface area (Å²) < 4.78 is 37.5. The summed E-state index contributed by atoms with van der Waals surface area (Å²) in [5.41, 5.74) is 0.